The van der Waals surface area contributed by atoms with Gasteiger partial charge in [-0.05, 0) is 106 Å². The van der Waals surface area contributed by atoms with Crippen molar-refractivity contribution in [2.24, 2.45) is 0 Å². The molecule has 0 fully saturated rings. The third-order valence-electron chi connectivity index (χ3n) is 6.96. The Bertz CT molecular complexity index is 771. The molecule has 0 nitrogen and oxygen atoms in total. The molecule has 0 amide bonds. The van der Waals surface area contributed by atoms with Gasteiger partial charge in [0.25, 0.3) is 0 Å². The van der Waals surface area contributed by atoms with Crippen molar-refractivity contribution in [2.75, 3.05) is 0 Å². The first kappa shape index (κ1) is 16.4. The van der Waals surface area contributed by atoms with Crippen LogP contribution in [-0.4, -0.2) is 6.71 Å². The first-order valence-electron chi connectivity index (χ1n) is 8.86. The minimum atomic E-state index is 0.504. The van der Waals surface area contributed by atoms with Gasteiger partial charge in [0.05, 0.1) is 0 Å². The summed E-state index contributed by atoms with van der Waals surface area (Å²) in [4.78, 5) is 0. The maximum absolute atomic E-state index is 2.42. The molecule has 0 unspecified atom stereocenters. The van der Waals surface area contributed by atoms with Crippen LogP contribution in [0.1, 0.15) is 55.6 Å². The summed E-state index contributed by atoms with van der Waals surface area (Å²) in [7, 11) is 0. The SMILES string of the molecule is CB1c2c(C)c(C)c(C)c(C)c2Cc2c(C)c(C)c(C)c(C)c21. The fourth-order valence-electron chi connectivity index (χ4n) is 4.79. The molecular formula is C22H29B. The molecule has 1 heterocycles. The number of fused-ring (bicyclic) bond motifs is 2. The Hall–Kier alpha value is -1.50. The number of hydrogen-bond donors (Lipinski definition) is 0. The van der Waals surface area contributed by atoms with E-state index in [9.17, 15) is 0 Å². The van der Waals surface area contributed by atoms with E-state index in [4.69, 9.17) is 0 Å². The molecule has 0 radical (unpaired) electrons. The fourth-order valence-corrected chi connectivity index (χ4v) is 4.79. The van der Waals surface area contributed by atoms with E-state index in [1.807, 2.05) is 0 Å². The molecule has 3 rings (SSSR count). The number of hydrogen-bond acceptors (Lipinski definition) is 0. The summed E-state index contributed by atoms with van der Waals surface area (Å²) in [5.74, 6) is 0. The Morgan fingerprint density at radius 2 is 0.783 bits per heavy atom. The van der Waals surface area contributed by atoms with Gasteiger partial charge in [-0.25, -0.2) is 0 Å². The van der Waals surface area contributed by atoms with Crippen LogP contribution < -0.4 is 10.9 Å². The highest BCUT2D eigenvalue weighted by Crippen LogP contribution is 2.29. The maximum Gasteiger partial charge on any atom is 0.207 e. The number of rotatable bonds is 0. The first-order chi connectivity index (χ1) is 10.7. The molecule has 0 atom stereocenters. The van der Waals surface area contributed by atoms with Crippen molar-refractivity contribution in [3.63, 3.8) is 0 Å². The zero-order valence-electron chi connectivity index (χ0n) is 16.3. The maximum atomic E-state index is 2.42. The summed E-state index contributed by atoms with van der Waals surface area (Å²) in [5.41, 5.74) is 18.4. The summed E-state index contributed by atoms with van der Waals surface area (Å²) in [6.07, 6.45) is 1.11. The summed E-state index contributed by atoms with van der Waals surface area (Å²) in [6.45, 7) is 21.4. The lowest BCUT2D eigenvalue weighted by Gasteiger charge is -2.33. The molecule has 0 aliphatic carbocycles. The molecule has 23 heavy (non-hydrogen) atoms. The molecule has 1 aliphatic rings. The van der Waals surface area contributed by atoms with E-state index < -0.39 is 0 Å². The van der Waals surface area contributed by atoms with Crippen molar-refractivity contribution in [1.29, 1.82) is 0 Å². The average Bonchev–Trinajstić information content (AvgIpc) is 2.53. The third-order valence-corrected chi connectivity index (χ3v) is 6.96. The van der Waals surface area contributed by atoms with Crippen LogP contribution in [0.3, 0.4) is 0 Å². The van der Waals surface area contributed by atoms with E-state index in [2.05, 4.69) is 62.2 Å². The summed E-state index contributed by atoms with van der Waals surface area (Å²) in [5, 5.41) is 0. The van der Waals surface area contributed by atoms with Gasteiger partial charge in [-0.1, -0.05) is 28.9 Å². The van der Waals surface area contributed by atoms with Gasteiger partial charge >= 0.3 is 0 Å². The van der Waals surface area contributed by atoms with E-state index in [-0.39, 0.29) is 0 Å². The van der Waals surface area contributed by atoms with Crippen LogP contribution in [0.5, 0.6) is 0 Å². The van der Waals surface area contributed by atoms with Gasteiger partial charge in [-0.2, -0.15) is 0 Å². The smallest absolute Gasteiger partial charge is 0.0774 e. The van der Waals surface area contributed by atoms with Crippen molar-refractivity contribution in [3.8, 4) is 0 Å². The van der Waals surface area contributed by atoms with E-state index in [1.165, 1.54) is 44.5 Å². The summed E-state index contributed by atoms with van der Waals surface area (Å²) < 4.78 is 0. The zero-order valence-corrected chi connectivity index (χ0v) is 16.3. The van der Waals surface area contributed by atoms with Crippen LogP contribution in [-0.2, 0) is 6.42 Å². The van der Waals surface area contributed by atoms with Gasteiger partial charge in [-0.3, -0.25) is 0 Å². The van der Waals surface area contributed by atoms with Gasteiger partial charge in [0, 0.05) is 0 Å². The third kappa shape index (κ3) is 2.05. The molecular weight excluding hydrogens is 275 g/mol. The highest BCUT2D eigenvalue weighted by Gasteiger charge is 2.32. The molecule has 2 aromatic rings. The Morgan fingerprint density at radius 1 is 0.478 bits per heavy atom. The van der Waals surface area contributed by atoms with Gasteiger partial charge in [0.15, 0.2) is 0 Å². The lowest BCUT2D eigenvalue weighted by Crippen LogP contribution is -2.51. The van der Waals surface area contributed by atoms with E-state index in [1.54, 1.807) is 22.1 Å². The quantitative estimate of drug-likeness (QED) is 0.637. The van der Waals surface area contributed by atoms with E-state index in [0.29, 0.717) is 6.71 Å². The Morgan fingerprint density at radius 3 is 1.13 bits per heavy atom. The molecule has 0 spiro atoms. The van der Waals surface area contributed by atoms with E-state index >= 15 is 0 Å². The fraction of sp³-hybridized carbons (Fsp3) is 0.455. The minimum Gasteiger partial charge on any atom is -0.0774 e. The Labute approximate surface area is 142 Å². The molecule has 1 aliphatic heterocycles. The van der Waals surface area contributed by atoms with Crippen LogP contribution in [0, 0.1) is 55.4 Å². The molecule has 0 bridgehead atoms. The predicted molar refractivity (Wildman–Crippen MR) is 104 cm³/mol. The summed E-state index contributed by atoms with van der Waals surface area (Å²) >= 11 is 0. The van der Waals surface area contributed by atoms with Crippen molar-refractivity contribution in [3.05, 3.63) is 55.6 Å². The topological polar surface area (TPSA) is 0 Å². The van der Waals surface area contributed by atoms with Gasteiger partial charge in [0.1, 0.15) is 0 Å². The van der Waals surface area contributed by atoms with Crippen molar-refractivity contribution < 1.29 is 0 Å². The lowest BCUT2D eigenvalue weighted by atomic mass is 9.36. The van der Waals surface area contributed by atoms with Crippen molar-refractivity contribution in [1.82, 2.24) is 0 Å². The highest BCUT2D eigenvalue weighted by molar-refractivity contribution is 6.86. The molecule has 120 valence electrons. The zero-order chi connectivity index (χ0) is 17.2. The van der Waals surface area contributed by atoms with Gasteiger partial charge < -0.3 is 0 Å². The van der Waals surface area contributed by atoms with E-state index in [0.717, 1.165) is 6.42 Å². The van der Waals surface area contributed by atoms with Crippen molar-refractivity contribution >= 4 is 17.6 Å². The molecule has 0 aromatic heterocycles. The minimum absolute atomic E-state index is 0.504. The second-order valence-corrected chi connectivity index (χ2v) is 7.68. The van der Waals surface area contributed by atoms with Gasteiger partial charge in [0.2, 0.25) is 6.71 Å². The Balaban J connectivity index is 2.40. The largest absolute Gasteiger partial charge is 0.207 e. The highest BCUT2D eigenvalue weighted by atomic mass is 14.3. The second kappa shape index (κ2) is 5.26. The van der Waals surface area contributed by atoms with Crippen LogP contribution in [0.2, 0.25) is 6.82 Å². The monoisotopic (exact) mass is 304 g/mol. The second-order valence-electron chi connectivity index (χ2n) is 7.68. The average molecular weight is 304 g/mol. The normalized spacial score (nSPS) is 13.2. The molecule has 0 saturated carbocycles. The first-order valence-corrected chi connectivity index (χ1v) is 8.86. The summed E-state index contributed by atoms with van der Waals surface area (Å²) in [6, 6.07) is 0. The standard InChI is InChI=1S/C22H29B/c1-11-13(3)17(7)21-19(15(11)5)10-20-16(6)12(2)14(4)18(8)22(20)23(21)9/h10H2,1-9H3. The number of benzene rings is 2. The van der Waals surface area contributed by atoms with Crippen LogP contribution in [0.4, 0.5) is 0 Å². The molecule has 1 heteroatoms. The van der Waals surface area contributed by atoms with Gasteiger partial charge in [-0.15, -0.1) is 0 Å². The van der Waals surface area contributed by atoms with Crippen LogP contribution in [0.15, 0.2) is 0 Å². The molecule has 2 aromatic carbocycles. The van der Waals surface area contributed by atoms with Crippen molar-refractivity contribution in [2.45, 2.75) is 68.6 Å². The van der Waals surface area contributed by atoms with Crippen LogP contribution >= 0.6 is 0 Å². The Kier molecular flexibility index (Phi) is 3.74. The van der Waals surface area contributed by atoms with Crippen LogP contribution in [0.25, 0.3) is 0 Å². The molecule has 0 saturated heterocycles. The predicted octanol–water partition coefficient (Wildman–Crippen LogP) is 4.30. The molecule has 0 N–H and O–H groups in total. The lowest BCUT2D eigenvalue weighted by molar-refractivity contribution is 1.07.